The number of sulfonamides is 1. The topological polar surface area (TPSA) is 79.5 Å². The molecular weight excluding hydrogens is 432 g/mol. The molecule has 1 aliphatic rings. The molecule has 0 bridgehead atoms. The molecule has 0 aliphatic carbocycles. The number of carbonyl (C=O) groups is 1. The third-order valence-corrected chi connectivity index (χ3v) is 7.67. The van der Waals surface area contributed by atoms with Gasteiger partial charge in [0.2, 0.25) is 10.0 Å². The number of halogens is 1. The smallest absolute Gasteiger partial charge is 0.337 e. The van der Waals surface area contributed by atoms with E-state index in [1.807, 2.05) is 6.07 Å². The Hall–Kier alpha value is -2.16. The molecule has 2 heterocycles. The number of aromatic amines is 1. The molecule has 4 rings (SSSR count). The summed E-state index contributed by atoms with van der Waals surface area (Å²) in [5.74, 6) is -0.416. The number of H-pyrrole nitrogens is 1. The molecule has 1 aromatic heterocycles. The highest BCUT2D eigenvalue weighted by molar-refractivity contribution is 9.10. The molecule has 6 nitrogen and oxygen atoms in total. The monoisotopic (exact) mass is 448 g/mol. The Balaban J connectivity index is 1.76. The van der Waals surface area contributed by atoms with Crippen LogP contribution in [-0.2, 0) is 27.7 Å². The summed E-state index contributed by atoms with van der Waals surface area (Å²) >= 11 is 3.33. The van der Waals surface area contributed by atoms with Crippen molar-refractivity contribution in [1.29, 1.82) is 0 Å². The molecule has 27 heavy (non-hydrogen) atoms. The normalized spacial score (nSPS) is 14.9. The predicted molar refractivity (Wildman–Crippen MR) is 105 cm³/mol. The van der Waals surface area contributed by atoms with Gasteiger partial charge in [-0.1, -0.05) is 12.1 Å². The fourth-order valence-corrected chi connectivity index (χ4v) is 5.80. The van der Waals surface area contributed by atoms with Crippen LogP contribution in [0, 0.1) is 0 Å². The highest BCUT2D eigenvalue weighted by atomic mass is 79.9. The lowest BCUT2D eigenvalue weighted by Crippen LogP contribution is -2.36. The number of carbonyl (C=O) groups excluding carboxylic acids is 1. The SMILES string of the molecule is COC(=O)c1ccc2[nH]c3c(c2c1)CN(S(=O)(=O)c1ccccc1Br)CC3. The van der Waals surface area contributed by atoms with Gasteiger partial charge in [-0.05, 0) is 51.8 Å². The Morgan fingerprint density at radius 3 is 2.74 bits per heavy atom. The van der Waals surface area contributed by atoms with E-state index in [2.05, 4.69) is 20.9 Å². The molecule has 1 N–H and O–H groups in total. The van der Waals surface area contributed by atoms with E-state index in [9.17, 15) is 13.2 Å². The summed E-state index contributed by atoms with van der Waals surface area (Å²) in [6.07, 6.45) is 0.585. The molecule has 0 spiro atoms. The van der Waals surface area contributed by atoms with E-state index in [1.54, 1.807) is 36.4 Å². The number of esters is 1. The molecule has 0 saturated carbocycles. The molecule has 1 aliphatic heterocycles. The van der Waals surface area contributed by atoms with E-state index in [4.69, 9.17) is 4.74 Å². The fraction of sp³-hybridized carbons (Fsp3) is 0.211. The Bertz CT molecular complexity index is 1150. The van der Waals surface area contributed by atoms with Gasteiger partial charge in [0.05, 0.1) is 17.6 Å². The molecule has 0 radical (unpaired) electrons. The minimum Gasteiger partial charge on any atom is -0.465 e. The van der Waals surface area contributed by atoms with Crippen molar-refractivity contribution in [2.75, 3.05) is 13.7 Å². The Labute approximate surface area is 165 Å². The number of methoxy groups -OCH3 is 1. The standard InChI is InChI=1S/C19H17BrN2O4S/c1-26-19(23)12-6-7-16-13(10-12)14-11-22(9-8-17(14)21-16)27(24,25)18-5-3-2-4-15(18)20/h2-7,10,21H,8-9,11H2,1H3. The first-order valence-electron chi connectivity index (χ1n) is 8.38. The lowest BCUT2D eigenvalue weighted by Gasteiger charge is -2.27. The number of nitrogens with zero attached hydrogens (tertiary/aromatic N) is 1. The average Bonchev–Trinajstić information content (AvgIpc) is 3.04. The van der Waals surface area contributed by atoms with Gasteiger partial charge >= 0.3 is 5.97 Å². The minimum absolute atomic E-state index is 0.253. The summed E-state index contributed by atoms with van der Waals surface area (Å²) < 4.78 is 33.0. The number of fused-ring (bicyclic) bond motifs is 3. The van der Waals surface area contributed by atoms with E-state index in [0.717, 1.165) is 22.2 Å². The van der Waals surface area contributed by atoms with Gasteiger partial charge in [-0.25, -0.2) is 13.2 Å². The lowest BCUT2D eigenvalue weighted by molar-refractivity contribution is 0.0601. The number of hydrogen-bond donors (Lipinski definition) is 1. The van der Waals surface area contributed by atoms with Gasteiger partial charge in [-0.2, -0.15) is 4.31 Å². The number of aromatic nitrogens is 1. The van der Waals surface area contributed by atoms with Crippen molar-refractivity contribution in [3.8, 4) is 0 Å². The van der Waals surface area contributed by atoms with Crippen LogP contribution in [0.25, 0.3) is 10.9 Å². The molecule has 0 atom stereocenters. The second kappa shape index (κ2) is 6.78. The highest BCUT2D eigenvalue weighted by Gasteiger charge is 2.31. The summed E-state index contributed by atoms with van der Waals surface area (Å²) in [6.45, 7) is 0.650. The number of benzene rings is 2. The minimum atomic E-state index is -3.63. The van der Waals surface area contributed by atoms with Crippen LogP contribution < -0.4 is 0 Å². The molecule has 3 aromatic rings. The van der Waals surface area contributed by atoms with Gasteiger partial charge in [0.15, 0.2) is 0 Å². The number of rotatable bonds is 3. The van der Waals surface area contributed by atoms with E-state index in [1.165, 1.54) is 11.4 Å². The van der Waals surface area contributed by atoms with Crippen LogP contribution in [0.2, 0.25) is 0 Å². The van der Waals surface area contributed by atoms with Crippen LogP contribution in [0.1, 0.15) is 21.6 Å². The highest BCUT2D eigenvalue weighted by Crippen LogP contribution is 2.33. The van der Waals surface area contributed by atoms with Crippen LogP contribution in [0.4, 0.5) is 0 Å². The van der Waals surface area contributed by atoms with Crippen LogP contribution in [0.15, 0.2) is 51.8 Å². The summed E-state index contributed by atoms with van der Waals surface area (Å²) in [4.78, 5) is 15.4. The van der Waals surface area contributed by atoms with Crippen LogP contribution in [0.3, 0.4) is 0 Å². The van der Waals surface area contributed by atoms with Gasteiger partial charge in [-0.3, -0.25) is 0 Å². The number of nitrogens with one attached hydrogen (secondary N) is 1. The van der Waals surface area contributed by atoms with Crippen molar-refractivity contribution in [1.82, 2.24) is 9.29 Å². The van der Waals surface area contributed by atoms with Gasteiger partial charge in [-0.15, -0.1) is 0 Å². The van der Waals surface area contributed by atoms with Gasteiger partial charge in [0, 0.05) is 40.6 Å². The fourth-order valence-electron chi connectivity index (χ4n) is 3.43. The number of ether oxygens (including phenoxy) is 1. The Morgan fingerprint density at radius 1 is 1.22 bits per heavy atom. The van der Waals surface area contributed by atoms with E-state index in [-0.39, 0.29) is 11.4 Å². The van der Waals surface area contributed by atoms with E-state index < -0.39 is 16.0 Å². The quantitative estimate of drug-likeness (QED) is 0.622. The zero-order chi connectivity index (χ0) is 19.2. The molecule has 0 unspecified atom stereocenters. The molecule has 0 amide bonds. The third kappa shape index (κ3) is 3.07. The summed E-state index contributed by atoms with van der Waals surface area (Å²) in [7, 11) is -2.29. The zero-order valence-electron chi connectivity index (χ0n) is 14.5. The first kappa shape index (κ1) is 18.2. The Kier molecular flexibility index (Phi) is 4.57. The van der Waals surface area contributed by atoms with Crippen molar-refractivity contribution < 1.29 is 17.9 Å². The first-order chi connectivity index (χ1) is 12.9. The van der Waals surface area contributed by atoms with E-state index >= 15 is 0 Å². The summed E-state index contributed by atoms with van der Waals surface area (Å²) in [5, 5.41) is 0.847. The molecular formula is C19H17BrN2O4S. The van der Waals surface area contributed by atoms with Gasteiger partial charge < -0.3 is 9.72 Å². The molecule has 2 aromatic carbocycles. The van der Waals surface area contributed by atoms with Crippen molar-refractivity contribution >= 4 is 42.8 Å². The van der Waals surface area contributed by atoms with Crippen LogP contribution in [-0.4, -0.2) is 37.3 Å². The molecule has 0 fully saturated rings. The van der Waals surface area contributed by atoms with Crippen LogP contribution >= 0.6 is 15.9 Å². The molecule has 140 valence electrons. The maximum absolute atomic E-state index is 13.1. The maximum Gasteiger partial charge on any atom is 0.337 e. The average molecular weight is 449 g/mol. The lowest BCUT2D eigenvalue weighted by atomic mass is 10.0. The van der Waals surface area contributed by atoms with Gasteiger partial charge in [0.1, 0.15) is 0 Å². The first-order valence-corrected chi connectivity index (χ1v) is 10.6. The summed E-state index contributed by atoms with van der Waals surface area (Å²) in [6, 6.07) is 12.1. The van der Waals surface area contributed by atoms with Crippen molar-refractivity contribution in [2.24, 2.45) is 0 Å². The summed E-state index contributed by atoms with van der Waals surface area (Å²) in [5.41, 5.74) is 3.23. The second-order valence-electron chi connectivity index (χ2n) is 6.35. The van der Waals surface area contributed by atoms with Gasteiger partial charge in [0.25, 0.3) is 0 Å². The Morgan fingerprint density at radius 2 is 2.00 bits per heavy atom. The van der Waals surface area contributed by atoms with Crippen LogP contribution in [0.5, 0.6) is 0 Å². The largest absolute Gasteiger partial charge is 0.465 e. The van der Waals surface area contributed by atoms with Crippen molar-refractivity contribution in [2.45, 2.75) is 17.9 Å². The van der Waals surface area contributed by atoms with Crippen molar-refractivity contribution in [3.63, 3.8) is 0 Å². The van der Waals surface area contributed by atoms with Crippen molar-refractivity contribution in [3.05, 3.63) is 63.8 Å². The van der Waals surface area contributed by atoms with E-state index in [0.29, 0.717) is 23.0 Å². The zero-order valence-corrected chi connectivity index (χ0v) is 16.9. The number of hydrogen-bond acceptors (Lipinski definition) is 4. The predicted octanol–water partition coefficient (Wildman–Crippen LogP) is 3.46. The molecule has 8 heteroatoms. The molecule has 0 saturated heterocycles. The maximum atomic E-state index is 13.1. The third-order valence-electron chi connectivity index (χ3n) is 4.82. The second-order valence-corrected chi connectivity index (χ2v) is 9.11.